The highest BCUT2D eigenvalue weighted by Gasteiger charge is 2.32. The molecular weight excluding hydrogens is 198 g/mol. The van der Waals surface area contributed by atoms with Gasteiger partial charge in [-0.25, -0.2) is 0 Å². The fourth-order valence-electron chi connectivity index (χ4n) is 2.21. The molecule has 0 radical (unpaired) electrons. The average molecular weight is 217 g/mol. The molecule has 1 N–H and O–H groups in total. The second-order valence-corrected chi connectivity index (χ2v) is 4.85. The Kier molecular flexibility index (Phi) is 3.01. The van der Waals surface area contributed by atoms with Crippen LogP contribution in [0.1, 0.15) is 31.9 Å². The lowest BCUT2D eigenvalue weighted by molar-refractivity contribution is 0.0668. The number of rotatable bonds is 3. The van der Waals surface area contributed by atoms with E-state index in [1.54, 1.807) is 0 Å². The van der Waals surface area contributed by atoms with Crippen LogP contribution < -0.4 is 10.1 Å². The maximum atomic E-state index is 5.96. The average Bonchev–Trinajstić information content (AvgIpc) is 2.24. The number of hydrogen-bond acceptors (Lipinski definition) is 2. The molecule has 1 aromatic rings. The molecule has 2 rings (SSSR count). The topological polar surface area (TPSA) is 21.3 Å². The summed E-state index contributed by atoms with van der Waals surface area (Å²) in [6.45, 7) is 8.83. The van der Waals surface area contributed by atoms with E-state index in [0.29, 0.717) is 6.04 Å². The van der Waals surface area contributed by atoms with E-state index >= 15 is 0 Å². The summed E-state index contributed by atoms with van der Waals surface area (Å²) < 4.78 is 5.96. The van der Waals surface area contributed by atoms with Crippen molar-refractivity contribution in [2.24, 2.45) is 0 Å². The molecule has 1 aliphatic rings. The van der Waals surface area contributed by atoms with Gasteiger partial charge in [-0.2, -0.15) is 0 Å². The number of nitrogens with one attached hydrogen (secondary N) is 1. The zero-order chi connectivity index (χ0) is 11.6. The van der Waals surface area contributed by atoms with E-state index in [1.807, 2.05) is 18.2 Å². The van der Waals surface area contributed by atoms with Crippen molar-refractivity contribution in [3.63, 3.8) is 0 Å². The molecule has 0 spiro atoms. The third kappa shape index (κ3) is 2.27. The number of ether oxygens (including phenoxy) is 1. The van der Waals surface area contributed by atoms with Crippen LogP contribution in [-0.2, 0) is 0 Å². The fourth-order valence-corrected chi connectivity index (χ4v) is 2.21. The predicted octanol–water partition coefficient (Wildman–Crippen LogP) is 3.06. The Balaban J connectivity index is 2.28. The minimum atomic E-state index is -0.104. The second-order valence-electron chi connectivity index (χ2n) is 4.85. The lowest BCUT2D eigenvalue weighted by Crippen LogP contribution is -2.39. The highest BCUT2D eigenvalue weighted by molar-refractivity contribution is 5.38. The molecule has 0 aromatic heterocycles. The summed E-state index contributed by atoms with van der Waals surface area (Å²) in [4.78, 5) is 0. The van der Waals surface area contributed by atoms with Crippen LogP contribution in [0.5, 0.6) is 5.75 Å². The molecule has 1 aromatic carbocycles. The van der Waals surface area contributed by atoms with Crippen molar-refractivity contribution in [3.8, 4) is 5.75 Å². The van der Waals surface area contributed by atoms with Gasteiger partial charge in [0.2, 0.25) is 0 Å². The van der Waals surface area contributed by atoms with Crippen LogP contribution in [0.2, 0.25) is 0 Å². The van der Waals surface area contributed by atoms with Crippen LogP contribution in [0, 0.1) is 0 Å². The predicted molar refractivity (Wildman–Crippen MR) is 66.7 cm³/mol. The second kappa shape index (κ2) is 4.30. The van der Waals surface area contributed by atoms with Gasteiger partial charge in [-0.05, 0) is 19.9 Å². The minimum absolute atomic E-state index is 0.104. The quantitative estimate of drug-likeness (QED) is 0.786. The Morgan fingerprint density at radius 1 is 1.50 bits per heavy atom. The Hall–Kier alpha value is -1.28. The highest BCUT2D eigenvalue weighted by atomic mass is 16.5. The summed E-state index contributed by atoms with van der Waals surface area (Å²) in [5.74, 6) is 1.00. The first-order valence-electron chi connectivity index (χ1n) is 5.74. The molecule has 86 valence electrons. The van der Waals surface area contributed by atoms with Gasteiger partial charge in [0, 0.05) is 24.6 Å². The monoisotopic (exact) mass is 217 g/mol. The maximum Gasteiger partial charge on any atom is 0.124 e. The third-order valence-corrected chi connectivity index (χ3v) is 2.88. The molecular formula is C14H19NO. The lowest BCUT2D eigenvalue weighted by atomic mass is 9.90. The minimum Gasteiger partial charge on any atom is -0.487 e. The summed E-state index contributed by atoms with van der Waals surface area (Å²) in [6, 6.07) is 8.61. The molecule has 0 amide bonds. The first-order valence-corrected chi connectivity index (χ1v) is 5.74. The molecule has 0 fully saturated rings. The molecule has 1 aliphatic heterocycles. The maximum absolute atomic E-state index is 5.96. The molecule has 2 heteroatoms. The first-order chi connectivity index (χ1) is 7.62. The van der Waals surface area contributed by atoms with E-state index in [0.717, 1.165) is 18.7 Å². The van der Waals surface area contributed by atoms with Gasteiger partial charge < -0.3 is 10.1 Å². The van der Waals surface area contributed by atoms with Crippen molar-refractivity contribution in [1.29, 1.82) is 0 Å². The summed E-state index contributed by atoms with van der Waals surface area (Å²) >= 11 is 0. The first kappa shape index (κ1) is 11.2. The molecule has 1 atom stereocenters. The Bertz CT molecular complexity index is 384. The molecule has 0 aliphatic carbocycles. The van der Waals surface area contributed by atoms with Crippen molar-refractivity contribution < 1.29 is 4.74 Å². The van der Waals surface area contributed by atoms with E-state index in [2.05, 4.69) is 37.9 Å². The summed E-state index contributed by atoms with van der Waals surface area (Å²) in [5, 5.41) is 3.49. The van der Waals surface area contributed by atoms with Gasteiger partial charge in [-0.1, -0.05) is 24.3 Å². The Labute approximate surface area is 97.3 Å². The smallest absolute Gasteiger partial charge is 0.124 e. The van der Waals surface area contributed by atoms with Gasteiger partial charge >= 0.3 is 0 Å². The van der Waals surface area contributed by atoms with Crippen molar-refractivity contribution in [2.75, 3.05) is 6.54 Å². The number of benzene rings is 1. The fraction of sp³-hybridized carbons (Fsp3) is 0.429. The third-order valence-electron chi connectivity index (χ3n) is 2.88. The molecule has 0 saturated heterocycles. The normalized spacial score (nSPS) is 22.0. The molecule has 2 nitrogen and oxygen atoms in total. The molecule has 0 bridgehead atoms. The van der Waals surface area contributed by atoms with Crippen LogP contribution in [0.4, 0.5) is 0 Å². The van der Waals surface area contributed by atoms with Crippen molar-refractivity contribution in [1.82, 2.24) is 5.32 Å². The number of hydrogen-bond donors (Lipinski definition) is 1. The van der Waals surface area contributed by atoms with Crippen molar-refractivity contribution in [3.05, 3.63) is 42.5 Å². The van der Waals surface area contributed by atoms with Crippen LogP contribution >= 0.6 is 0 Å². The summed E-state index contributed by atoms with van der Waals surface area (Å²) in [5.41, 5.74) is 1.15. The van der Waals surface area contributed by atoms with Gasteiger partial charge in [-0.15, -0.1) is 6.58 Å². The van der Waals surface area contributed by atoms with Gasteiger partial charge in [-0.3, -0.25) is 0 Å². The van der Waals surface area contributed by atoms with Gasteiger partial charge in [0.1, 0.15) is 11.4 Å². The molecule has 1 unspecified atom stereocenters. The van der Waals surface area contributed by atoms with Gasteiger partial charge in [0.05, 0.1) is 0 Å². The van der Waals surface area contributed by atoms with Gasteiger partial charge in [0.15, 0.2) is 0 Å². The summed E-state index contributed by atoms with van der Waals surface area (Å²) in [6.07, 6.45) is 2.88. The molecule has 0 saturated carbocycles. The van der Waals surface area contributed by atoms with E-state index in [9.17, 15) is 0 Å². The molecule has 1 heterocycles. The van der Waals surface area contributed by atoms with Crippen LogP contribution in [-0.4, -0.2) is 12.1 Å². The largest absolute Gasteiger partial charge is 0.487 e. The standard InChI is InChI=1S/C14H19NO/c1-4-9-15-12-10-14(2,3)16-13-8-6-5-7-11(12)13/h4-8,12,15H,1,9-10H2,2-3H3. The van der Waals surface area contributed by atoms with E-state index < -0.39 is 0 Å². The van der Waals surface area contributed by atoms with Crippen molar-refractivity contribution in [2.45, 2.75) is 31.9 Å². The van der Waals surface area contributed by atoms with E-state index in [-0.39, 0.29) is 5.60 Å². The number of fused-ring (bicyclic) bond motifs is 1. The van der Waals surface area contributed by atoms with E-state index in [1.165, 1.54) is 5.56 Å². The SMILES string of the molecule is C=CCNC1CC(C)(C)Oc2ccccc21. The summed E-state index contributed by atoms with van der Waals surface area (Å²) in [7, 11) is 0. The van der Waals surface area contributed by atoms with Gasteiger partial charge in [0.25, 0.3) is 0 Å². The molecule has 16 heavy (non-hydrogen) atoms. The Morgan fingerprint density at radius 3 is 3.00 bits per heavy atom. The van der Waals surface area contributed by atoms with Crippen molar-refractivity contribution >= 4 is 0 Å². The zero-order valence-corrected chi connectivity index (χ0v) is 9.99. The number of para-hydroxylation sites is 1. The Morgan fingerprint density at radius 2 is 2.25 bits per heavy atom. The van der Waals surface area contributed by atoms with E-state index in [4.69, 9.17) is 4.74 Å². The van der Waals surface area contributed by atoms with Crippen LogP contribution in [0.3, 0.4) is 0 Å². The van der Waals surface area contributed by atoms with Crippen LogP contribution in [0.25, 0.3) is 0 Å². The zero-order valence-electron chi connectivity index (χ0n) is 9.99. The van der Waals surface area contributed by atoms with Crippen LogP contribution in [0.15, 0.2) is 36.9 Å². The lowest BCUT2D eigenvalue weighted by Gasteiger charge is -2.37. The highest BCUT2D eigenvalue weighted by Crippen LogP contribution is 2.38.